The third-order valence-electron chi connectivity index (χ3n) is 7.15. The highest BCUT2D eigenvalue weighted by Crippen LogP contribution is 2.32. The van der Waals surface area contributed by atoms with Crippen LogP contribution in [0.25, 0.3) is 0 Å². The van der Waals surface area contributed by atoms with Crippen LogP contribution >= 0.6 is 0 Å². The summed E-state index contributed by atoms with van der Waals surface area (Å²) in [5, 5.41) is 3.32. The number of hydrogen-bond acceptors (Lipinski definition) is 3. The quantitative estimate of drug-likeness (QED) is 0.730. The third-order valence-corrected chi connectivity index (χ3v) is 8.58. The summed E-state index contributed by atoms with van der Waals surface area (Å²) in [6, 6.07) is 7.22. The Kier molecular flexibility index (Phi) is 7.38. The highest BCUT2D eigenvalue weighted by Gasteiger charge is 2.32. The van der Waals surface area contributed by atoms with Crippen LogP contribution in [0.5, 0.6) is 0 Å². The fraction of sp³-hybridized carbons (Fsp3) is 0.696. The van der Waals surface area contributed by atoms with E-state index in [1.54, 1.807) is 12.1 Å². The zero-order valence-electron chi connectivity index (χ0n) is 18.0. The van der Waals surface area contributed by atoms with Gasteiger partial charge in [-0.1, -0.05) is 44.4 Å². The summed E-state index contributed by atoms with van der Waals surface area (Å²) in [7, 11) is -3.47. The van der Waals surface area contributed by atoms with Crippen molar-refractivity contribution in [1.29, 1.82) is 0 Å². The molecule has 2 fully saturated rings. The molecule has 1 aromatic carbocycles. The molecule has 0 aliphatic heterocycles. The minimum Gasteiger partial charge on any atom is -0.353 e. The number of sulfonamides is 1. The molecule has 2 aliphatic carbocycles. The van der Waals surface area contributed by atoms with Gasteiger partial charge in [-0.3, -0.25) is 4.79 Å². The SMILES string of the molecule is Cc1ccc(S(=O)(=O)NCC2CCC(C(=O)NC3CCCC(C)C3C)CC2)cc1. The number of hydrogen-bond donors (Lipinski definition) is 2. The highest BCUT2D eigenvalue weighted by molar-refractivity contribution is 7.89. The van der Waals surface area contributed by atoms with E-state index < -0.39 is 10.0 Å². The molecule has 0 heterocycles. The maximum absolute atomic E-state index is 12.7. The van der Waals surface area contributed by atoms with Gasteiger partial charge in [-0.2, -0.15) is 0 Å². The monoisotopic (exact) mass is 420 g/mol. The van der Waals surface area contributed by atoms with Crippen LogP contribution in [0, 0.1) is 30.6 Å². The average Bonchev–Trinajstić information content (AvgIpc) is 2.70. The van der Waals surface area contributed by atoms with Crippen molar-refractivity contribution in [2.24, 2.45) is 23.7 Å². The topological polar surface area (TPSA) is 75.3 Å². The summed E-state index contributed by atoms with van der Waals surface area (Å²) in [4.78, 5) is 13.0. The lowest BCUT2D eigenvalue weighted by atomic mass is 9.77. The van der Waals surface area contributed by atoms with Gasteiger partial charge in [-0.05, 0) is 68.9 Å². The first-order valence-electron chi connectivity index (χ1n) is 11.1. The minimum absolute atomic E-state index is 0.0735. The molecule has 2 aliphatic rings. The summed E-state index contributed by atoms with van der Waals surface area (Å²) in [5.74, 6) is 1.79. The first kappa shape index (κ1) is 22.3. The van der Waals surface area contributed by atoms with E-state index in [9.17, 15) is 13.2 Å². The molecule has 1 aromatic rings. The Hall–Kier alpha value is -1.40. The number of rotatable bonds is 6. The van der Waals surface area contributed by atoms with E-state index in [1.807, 2.05) is 19.1 Å². The van der Waals surface area contributed by atoms with Gasteiger partial charge in [0.05, 0.1) is 4.90 Å². The van der Waals surface area contributed by atoms with Gasteiger partial charge in [0.1, 0.15) is 0 Å². The van der Waals surface area contributed by atoms with Crippen LogP contribution in [0.15, 0.2) is 29.2 Å². The van der Waals surface area contributed by atoms with Crippen molar-refractivity contribution in [3.05, 3.63) is 29.8 Å². The van der Waals surface area contributed by atoms with E-state index in [1.165, 1.54) is 12.8 Å². The van der Waals surface area contributed by atoms with Gasteiger partial charge < -0.3 is 5.32 Å². The lowest BCUT2D eigenvalue weighted by Gasteiger charge is -2.36. The van der Waals surface area contributed by atoms with E-state index >= 15 is 0 Å². The lowest BCUT2D eigenvalue weighted by molar-refractivity contribution is -0.127. The largest absolute Gasteiger partial charge is 0.353 e. The maximum atomic E-state index is 12.7. The Bertz CT molecular complexity index is 783. The van der Waals surface area contributed by atoms with Crippen LogP contribution in [0.1, 0.15) is 64.4 Å². The lowest BCUT2D eigenvalue weighted by Crippen LogP contribution is -2.46. The second-order valence-electron chi connectivity index (χ2n) is 9.26. The third kappa shape index (κ3) is 5.82. The first-order chi connectivity index (χ1) is 13.8. The first-order valence-corrected chi connectivity index (χ1v) is 12.6. The van der Waals surface area contributed by atoms with Crippen molar-refractivity contribution in [2.75, 3.05) is 6.54 Å². The fourth-order valence-corrected chi connectivity index (χ4v) is 5.86. The predicted molar refractivity (Wildman–Crippen MR) is 116 cm³/mol. The molecular weight excluding hydrogens is 384 g/mol. The fourth-order valence-electron chi connectivity index (χ4n) is 4.74. The van der Waals surface area contributed by atoms with Crippen molar-refractivity contribution in [1.82, 2.24) is 10.0 Å². The van der Waals surface area contributed by atoms with E-state index in [-0.39, 0.29) is 11.8 Å². The van der Waals surface area contributed by atoms with Gasteiger partial charge in [0.25, 0.3) is 0 Å². The normalized spacial score (nSPS) is 30.7. The van der Waals surface area contributed by atoms with Gasteiger partial charge in [-0.25, -0.2) is 13.1 Å². The molecule has 2 N–H and O–H groups in total. The van der Waals surface area contributed by atoms with Crippen molar-refractivity contribution in [3.8, 4) is 0 Å². The van der Waals surface area contributed by atoms with Crippen LogP contribution in [0.4, 0.5) is 0 Å². The molecule has 1 amide bonds. The summed E-state index contributed by atoms with van der Waals surface area (Å²) in [6.45, 7) is 6.92. The van der Waals surface area contributed by atoms with Crippen LogP contribution in [-0.2, 0) is 14.8 Å². The number of benzene rings is 1. The number of carbonyl (C=O) groups is 1. The van der Waals surface area contributed by atoms with Gasteiger partial charge in [-0.15, -0.1) is 0 Å². The summed E-state index contributed by atoms with van der Waals surface area (Å²) >= 11 is 0. The molecule has 3 atom stereocenters. The van der Waals surface area contributed by atoms with E-state index in [0.29, 0.717) is 35.2 Å². The molecule has 2 saturated carbocycles. The Morgan fingerprint density at radius 1 is 1.00 bits per heavy atom. The Morgan fingerprint density at radius 2 is 1.66 bits per heavy atom. The van der Waals surface area contributed by atoms with E-state index in [4.69, 9.17) is 0 Å². The molecule has 29 heavy (non-hydrogen) atoms. The van der Waals surface area contributed by atoms with Gasteiger partial charge in [0.15, 0.2) is 0 Å². The van der Waals surface area contributed by atoms with Gasteiger partial charge in [0.2, 0.25) is 15.9 Å². The summed E-state index contributed by atoms with van der Waals surface area (Å²) in [5.41, 5.74) is 1.04. The van der Waals surface area contributed by atoms with E-state index in [0.717, 1.165) is 37.7 Å². The molecule has 0 aromatic heterocycles. The molecule has 5 nitrogen and oxygen atoms in total. The van der Waals surface area contributed by atoms with Crippen LogP contribution in [-0.4, -0.2) is 26.9 Å². The maximum Gasteiger partial charge on any atom is 0.240 e. The van der Waals surface area contributed by atoms with Crippen molar-refractivity contribution in [2.45, 2.75) is 76.7 Å². The highest BCUT2D eigenvalue weighted by atomic mass is 32.2. The zero-order valence-corrected chi connectivity index (χ0v) is 18.8. The van der Waals surface area contributed by atoms with Crippen LogP contribution < -0.4 is 10.0 Å². The van der Waals surface area contributed by atoms with Crippen molar-refractivity contribution < 1.29 is 13.2 Å². The second-order valence-corrected chi connectivity index (χ2v) is 11.0. The van der Waals surface area contributed by atoms with Crippen LogP contribution in [0.2, 0.25) is 0 Å². The van der Waals surface area contributed by atoms with Gasteiger partial charge >= 0.3 is 0 Å². The number of amides is 1. The second kappa shape index (κ2) is 9.61. The summed E-state index contributed by atoms with van der Waals surface area (Å²) in [6.07, 6.45) is 7.03. The molecule has 3 unspecified atom stereocenters. The molecule has 3 rings (SSSR count). The Morgan fingerprint density at radius 3 is 2.31 bits per heavy atom. The zero-order chi connectivity index (χ0) is 21.0. The molecule has 0 bridgehead atoms. The molecule has 0 radical (unpaired) electrons. The van der Waals surface area contributed by atoms with E-state index in [2.05, 4.69) is 23.9 Å². The number of carbonyl (C=O) groups excluding carboxylic acids is 1. The van der Waals surface area contributed by atoms with Crippen LogP contribution in [0.3, 0.4) is 0 Å². The Balaban J connectivity index is 1.44. The van der Waals surface area contributed by atoms with Gasteiger partial charge in [0, 0.05) is 18.5 Å². The average molecular weight is 421 g/mol. The molecule has 0 spiro atoms. The Labute approximate surface area is 176 Å². The minimum atomic E-state index is -3.47. The van der Waals surface area contributed by atoms with Crippen molar-refractivity contribution >= 4 is 15.9 Å². The predicted octanol–water partition coefficient (Wildman–Crippen LogP) is 4.02. The number of nitrogens with one attached hydrogen (secondary N) is 2. The smallest absolute Gasteiger partial charge is 0.240 e. The molecule has 0 saturated heterocycles. The molecule has 162 valence electrons. The van der Waals surface area contributed by atoms with Crippen molar-refractivity contribution in [3.63, 3.8) is 0 Å². The molecule has 6 heteroatoms. The molecular formula is C23H36N2O3S. The number of aryl methyl sites for hydroxylation is 1. The standard InChI is InChI=1S/C23H36N2O3S/c1-16-7-13-21(14-8-16)29(27,28)24-15-19-9-11-20(12-10-19)23(26)25-22-6-4-5-17(2)18(22)3/h7-8,13-14,17-20,22,24H,4-6,9-12,15H2,1-3H3,(H,25,26). The summed E-state index contributed by atoms with van der Waals surface area (Å²) < 4.78 is 27.7.